The predicted octanol–water partition coefficient (Wildman–Crippen LogP) is 4.26. The van der Waals surface area contributed by atoms with Crippen LogP contribution in [-0.2, 0) is 0 Å². The largest absolute Gasteiger partial charge is 0.207 e. The van der Waals surface area contributed by atoms with E-state index >= 15 is 0 Å². The van der Waals surface area contributed by atoms with Crippen molar-refractivity contribution in [2.75, 3.05) is 0 Å². The molecule has 70 valence electrons. The Hall–Kier alpha value is -1.15. The van der Waals surface area contributed by atoms with E-state index in [1.807, 2.05) is 0 Å². The molecular weight excluding hydrogens is 243 g/mol. The summed E-state index contributed by atoms with van der Waals surface area (Å²) in [6.45, 7) is 0. The highest BCUT2D eigenvalue weighted by Gasteiger charge is 2.03. The summed E-state index contributed by atoms with van der Waals surface area (Å²) in [4.78, 5) is 0. The smallest absolute Gasteiger partial charge is 0.124 e. The molecule has 3 rings (SSSR count). The van der Waals surface area contributed by atoms with E-state index in [-0.39, 0.29) is 5.82 Å². The summed E-state index contributed by atoms with van der Waals surface area (Å²) < 4.78 is 12.9. The first-order valence-corrected chi connectivity index (χ1v) is 5.06. The Balaban J connectivity index is 0.000000110. The topological polar surface area (TPSA) is 0 Å². The fourth-order valence-electron chi connectivity index (χ4n) is 1.12. The van der Waals surface area contributed by atoms with Gasteiger partial charge < -0.3 is 0 Å². The van der Waals surface area contributed by atoms with E-state index in [9.17, 15) is 4.39 Å². The third-order valence-electron chi connectivity index (χ3n) is 2.00. The number of hydrogen-bond donors (Lipinski definition) is 0. The van der Waals surface area contributed by atoms with Gasteiger partial charge in [-0.25, -0.2) is 4.39 Å². The first-order chi connectivity index (χ1) is 6.75. The summed E-state index contributed by atoms with van der Waals surface area (Å²) in [5.74, 6) is -0.209. The fourth-order valence-corrected chi connectivity index (χ4v) is 1.49. The van der Waals surface area contributed by atoms with Crippen LogP contribution in [0.15, 0.2) is 53.0 Å². The van der Waals surface area contributed by atoms with Crippen molar-refractivity contribution in [3.8, 4) is 11.1 Å². The van der Waals surface area contributed by atoms with Gasteiger partial charge in [0, 0.05) is 4.47 Å². The number of rotatable bonds is 0. The first kappa shape index (κ1) is 9.41. The third-order valence-corrected chi connectivity index (χ3v) is 2.50. The highest BCUT2D eigenvalue weighted by Crippen LogP contribution is 2.29. The molecule has 0 aliphatic heterocycles. The van der Waals surface area contributed by atoms with Crippen LogP contribution in [0.2, 0.25) is 0 Å². The van der Waals surface area contributed by atoms with Gasteiger partial charge in [0.1, 0.15) is 5.82 Å². The average Bonchev–Trinajstić information content (AvgIpc) is 2.12. The summed E-state index contributed by atoms with van der Waals surface area (Å²) in [5, 5.41) is 0. The lowest BCUT2D eigenvalue weighted by Gasteiger charge is -2.10. The molecule has 0 heterocycles. The fraction of sp³-hybridized carbons (Fsp3) is 0. The number of fused-ring (bicyclic) bond motifs is 1. The van der Waals surface area contributed by atoms with Gasteiger partial charge >= 0.3 is 0 Å². The van der Waals surface area contributed by atoms with Crippen molar-refractivity contribution in [3.05, 3.63) is 58.8 Å². The molecule has 0 amide bonds. The first-order valence-electron chi connectivity index (χ1n) is 4.27. The van der Waals surface area contributed by atoms with E-state index in [1.165, 1.54) is 23.3 Å². The molecule has 0 spiro atoms. The molecule has 0 N–H and O–H groups in total. The number of halogens is 2. The lowest BCUT2D eigenvalue weighted by atomic mass is 9.95. The van der Waals surface area contributed by atoms with Gasteiger partial charge in [0.25, 0.3) is 0 Å². The van der Waals surface area contributed by atoms with E-state index < -0.39 is 0 Å². The van der Waals surface area contributed by atoms with Crippen molar-refractivity contribution in [1.82, 2.24) is 0 Å². The van der Waals surface area contributed by atoms with Crippen molar-refractivity contribution < 1.29 is 4.39 Å². The van der Waals surface area contributed by atoms with Gasteiger partial charge in [-0.1, -0.05) is 46.3 Å². The van der Waals surface area contributed by atoms with Crippen LogP contribution in [0.4, 0.5) is 4.39 Å². The van der Waals surface area contributed by atoms with Crippen molar-refractivity contribution in [2.24, 2.45) is 0 Å². The van der Waals surface area contributed by atoms with E-state index in [0.717, 1.165) is 4.47 Å². The molecule has 2 aliphatic carbocycles. The molecular formula is C12H8BrF. The van der Waals surface area contributed by atoms with E-state index in [0.29, 0.717) is 0 Å². The van der Waals surface area contributed by atoms with E-state index in [2.05, 4.69) is 40.2 Å². The SMILES string of the molecule is Fc1cccc(Br)c1.c1cc2ccc1-2. The van der Waals surface area contributed by atoms with Crippen LogP contribution in [0.25, 0.3) is 11.1 Å². The molecule has 0 saturated heterocycles. The molecule has 0 atom stereocenters. The minimum Gasteiger partial charge on any atom is -0.207 e. The second-order valence-electron chi connectivity index (χ2n) is 3.02. The molecule has 1 aromatic carbocycles. The Morgan fingerprint density at radius 2 is 1.43 bits per heavy atom. The summed E-state index contributed by atoms with van der Waals surface area (Å²) in [6, 6.07) is 14.7. The zero-order valence-corrected chi connectivity index (χ0v) is 8.96. The Labute approximate surface area is 90.5 Å². The summed E-state index contributed by atoms with van der Waals surface area (Å²) in [7, 11) is 0. The normalized spacial score (nSPS) is 10.1. The van der Waals surface area contributed by atoms with Gasteiger partial charge in [-0.15, -0.1) is 0 Å². The van der Waals surface area contributed by atoms with Crippen LogP contribution < -0.4 is 0 Å². The van der Waals surface area contributed by atoms with E-state index in [1.54, 1.807) is 12.1 Å². The van der Waals surface area contributed by atoms with Crippen LogP contribution in [0.1, 0.15) is 0 Å². The third kappa shape index (κ3) is 2.02. The number of benzene rings is 2. The summed E-state index contributed by atoms with van der Waals surface area (Å²) >= 11 is 3.12. The maximum Gasteiger partial charge on any atom is 0.124 e. The van der Waals surface area contributed by atoms with Gasteiger partial charge in [-0.2, -0.15) is 0 Å². The Kier molecular flexibility index (Phi) is 2.64. The Bertz CT molecular complexity index is 396. The van der Waals surface area contributed by atoms with Crippen LogP contribution in [-0.4, -0.2) is 0 Å². The molecule has 0 aromatic heterocycles. The monoisotopic (exact) mass is 250 g/mol. The maximum absolute atomic E-state index is 12.1. The second-order valence-corrected chi connectivity index (χ2v) is 3.93. The number of hydrogen-bond acceptors (Lipinski definition) is 0. The summed E-state index contributed by atoms with van der Waals surface area (Å²) in [5.41, 5.74) is 2.85. The molecule has 2 heteroatoms. The molecule has 0 saturated carbocycles. The molecule has 0 unspecified atom stereocenters. The highest BCUT2D eigenvalue weighted by molar-refractivity contribution is 9.10. The van der Waals surface area contributed by atoms with Crippen molar-refractivity contribution in [3.63, 3.8) is 0 Å². The minimum absolute atomic E-state index is 0.209. The van der Waals surface area contributed by atoms with E-state index in [4.69, 9.17) is 0 Å². The molecule has 0 nitrogen and oxygen atoms in total. The van der Waals surface area contributed by atoms with Crippen molar-refractivity contribution in [1.29, 1.82) is 0 Å². The molecule has 1 aromatic rings. The molecule has 0 bridgehead atoms. The lowest BCUT2D eigenvalue weighted by molar-refractivity contribution is 0.627. The Morgan fingerprint density at radius 3 is 1.64 bits per heavy atom. The highest BCUT2D eigenvalue weighted by atomic mass is 79.9. The van der Waals surface area contributed by atoms with Gasteiger partial charge in [0.15, 0.2) is 0 Å². The summed E-state index contributed by atoms with van der Waals surface area (Å²) in [6.07, 6.45) is 0. The van der Waals surface area contributed by atoms with Crippen LogP contribution in [0.5, 0.6) is 0 Å². The van der Waals surface area contributed by atoms with Crippen LogP contribution >= 0.6 is 15.9 Å². The van der Waals surface area contributed by atoms with Crippen molar-refractivity contribution in [2.45, 2.75) is 0 Å². The van der Waals surface area contributed by atoms with Crippen molar-refractivity contribution >= 4 is 15.9 Å². The van der Waals surface area contributed by atoms with Gasteiger partial charge in [-0.05, 0) is 29.3 Å². The molecule has 0 fully saturated rings. The van der Waals surface area contributed by atoms with Crippen LogP contribution in [0.3, 0.4) is 0 Å². The van der Waals surface area contributed by atoms with Gasteiger partial charge in [-0.3, -0.25) is 0 Å². The zero-order chi connectivity index (χ0) is 9.97. The molecule has 0 radical (unpaired) electrons. The predicted molar refractivity (Wildman–Crippen MR) is 59.5 cm³/mol. The lowest BCUT2D eigenvalue weighted by Crippen LogP contribution is -1.85. The Morgan fingerprint density at radius 1 is 0.857 bits per heavy atom. The second kappa shape index (κ2) is 3.93. The molecule has 14 heavy (non-hydrogen) atoms. The zero-order valence-electron chi connectivity index (χ0n) is 7.37. The van der Waals surface area contributed by atoms with Gasteiger partial charge in [0.2, 0.25) is 0 Å². The average molecular weight is 251 g/mol. The molecule has 2 aliphatic rings. The standard InChI is InChI=1S/C6H4BrF.C6H4/c7-5-2-1-3-6(8)4-5;1-2-6-4-3-5(1)6/h1-4H;1-4H. The van der Waals surface area contributed by atoms with Crippen LogP contribution in [0, 0.1) is 5.82 Å². The minimum atomic E-state index is -0.209. The maximum atomic E-state index is 12.1. The van der Waals surface area contributed by atoms with Gasteiger partial charge in [0.05, 0.1) is 0 Å². The quantitative estimate of drug-likeness (QED) is 0.560.